The fraction of sp³-hybridized carbons (Fsp3) is 0.190. The number of morpholine rings is 1. The molecule has 1 fully saturated rings. The van der Waals surface area contributed by atoms with Crippen molar-refractivity contribution in [3.8, 4) is 0 Å². The normalized spacial score (nSPS) is 15.0. The number of ether oxygens (including phenoxy) is 1. The fourth-order valence-electron chi connectivity index (χ4n) is 3.02. The molecule has 8 nitrogen and oxygen atoms in total. The van der Waals surface area contributed by atoms with E-state index in [1.54, 1.807) is 24.3 Å². The molecule has 160 valence electrons. The van der Waals surface area contributed by atoms with E-state index in [2.05, 4.69) is 19.7 Å². The van der Waals surface area contributed by atoms with Crippen LogP contribution in [-0.2, 0) is 14.8 Å². The number of halogens is 1. The predicted octanol–water partition coefficient (Wildman–Crippen LogP) is 2.70. The van der Waals surface area contributed by atoms with E-state index in [9.17, 15) is 12.8 Å². The van der Waals surface area contributed by atoms with Crippen molar-refractivity contribution < 1.29 is 17.5 Å². The van der Waals surface area contributed by atoms with Crippen molar-refractivity contribution in [2.45, 2.75) is 4.90 Å². The van der Waals surface area contributed by atoms with Crippen molar-refractivity contribution in [1.29, 1.82) is 0 Å². The van der Waals surface area contributed by atoms with Crippen molar-refractivity contribution in [1.82, 2.24) is 9.97 Å². The summed E-state index contributed by atoms with van der Waals surface area (Å²) >= 11 is 0. The van der Waals surface area contributed by atoms with Crippen LogP contribution in [0.4, 0.5) is 16.0 Å². The molecule has 0 aliphatic carbocycles. The molecule has 0 saturated carbocycles. The Morgan fingerprint density at radius 2 is 1.74 bits per heavy atom. The van der Waals surface area contributed by atoms with Crippen LogP contribution in [0.1, 0.15) is 5.56 Å². The summed E-state index contributed by atoms with van der Waals surface area (Å²) in [4.78, 5) is 10.6. The number of aromatic nitrogens is 2. The number of rotatable bonds is 5. The summed E-state index contributed by atoms with van der Waals surface area (Å²) in [5.74, 6) is 0.633. The molecule has 4 rings (SSSR count). The van der Waals surface area contributed by atoms with Gasteiger partial charge in [0.2, 0.25) is 0 Å². The Morgan fingerprint density at radius 3 is 2.45 bits per heavy atom. The van der Waals surface area contributed by atoms with Crippen LogP contribution in [0, 0.1) is 5.82 Å². The van der Waals surface area contributed by atoms with Crippen LogP contribution in [0.5, 0.6) is 0 Å². The van der Waals surface area contributed by atoms with Gasteiger partial charge in [0.25, 0.3) is 10.0 Å². The van der Waals surface area contributed by atoms with Crippen molar-refractivity contribution >= 4 is 27.5 Å². The van der Waals surface area contributed by atoms with Gasteiger partial charge in [0.1, 0.15) is 23.8 Å². The molecule has 0 unspecified atom stereocenters. The molecule has 2 aromatic carbocycles. The van der Waals surface area contributed by atoms with Gasteiger partial charge < -0.3 is 15.0 Å². The van der Waals surface area contributed by atoms with Gasteiger partial charge >= 0.3 is 0 Å². The Labute approximate surface area is 179 Å². The zero-order valence-corrected chi connectivity index (χ0v) is 17.3. The van der Waals surface area contributed by atoms with Crippen LogP contribution in [0.15, 0.2) is 76.3 Å². The molecule has 1 aliphatic heterocycles. The maximum atomic E-state index is 13.4. The second-order valence-corrected chi connectivity index (χ2v) is 8.32. The molecule has 1 aliphatic rings. The highest BCUT2D eigenvalue weighted by molar-refractivity contribution is 7.90. The van der Waals surface area contributed by atoms with E-state index in [0.29, 0.717) is 43.5 Å². The van der Waals surface area contributed by atoms with E-state index in [1.165, 1.54) is 42.7 Å². The summed E-state index contributed by atoms with van der Waals surface area (Å²) in [6.45, 7) is 2.59. The Bertz CT molecular complexity index is 1170. The quantitative estimate of drug-likeness (QED) is 0.480. The summed E-state index contributed by atoms with van der Waals surface area (Å²) in [6.07, 6.45) is 1.39. The van der Waals surface area contributed by atoms with E-state index < -0.39 is 15.8 Å². The summed E-state index contributed by atoms with van der Waals surface area (Å²) in [6, 6.07) is 15.0. The van der Waals surface area contributed by atoms with Crippen molar-refractivity contribution in [3.63, 3.8) is 0 Å². The fourth-order valence-corrected chi connectivity index (χ4v) is 4.02. The number of hydrogen-bond acceptors (Lipinski definition) is 6. The van der Waals surface area contributed by atoms with Crippen LogP contribution in [0.25, 0.3) is 0 Å². The van der Waals surface area contributed by atoms with Crippen LogP contribution < -0.4 is 10.2 Å². The molecule has 2 heterocycles. The largest absolute Gasteiger partial charge is 0.378 e. The Hall–Kier alpha value is -3.37. The molecule has 0 spiro atoms. The van der Waals surface area contributed by atoms with Gasteiger partial charge in [-0.2, -0.15) is 8.42 Å². The zero-order chi connectivity index (χ0) is 21.7. The lowest BCUT2D eigenvalue weighted by Crippen LogP contribution is -2.36. The molecule has 0 radical (unpaired) electrons. The third-order valence-electron chi connectivity index (χ3n) is 4.60. The molecular weight excluding hydrogens is 421 g/mol. The Kier molecular flexibility index (Phi) is 6.19. The van der Waals surface area contributed by atoms with Gasteiger partial charge in [-0.05, 0) is 36.4 Å². The molecule has 10 heteroatoms. The van der Waals surface area contributed by atoms with Gasteiger partial charge in [-0.15, -0.1) is 4.40 Å². The number of nitrogens with one attached hydrogen (secondary N) is 1. The average molecular weight is 441 g/mol. The first-order chi connectivity index (χ1) is 15.0. The first-order valence-electron chi connectivity index (χ1n) is 9.59. The first-order valence-corrected chi connectivity index (χ1v) is 11.0. The number of sulfonamides is 1. The lowest BCUT2D eigenvalue weighted by molar-refractivity contribution is 0.122. The third kappa shape index (κ3) is 5.22. The Morgan fingerprint density at radius 1 is 1.03 bits per heavy atom. The van der Waals surface area contributed by atoms with E-state index in [0.717, 1.165) is 0 Å². The predicted molar refractivity (Wildman–Crippen MR) is 115 cm³/mol. The minimum absolute atomic E-state index is 0.0236. The first kappa shape index (κ1) is 20.9. The van der Waals surface area contributed by atoms with Gasteiger partial charge in [-0.25, -0.2) is 14.4 Å². The maximum absolute atomic E-state index is 13.4. The summed E-state index contributed by atoms with van der Waals surface area (Å²) in [5, 5.41) is 2.96. The van der Waals surface area contributed by atoms with Gasteiger partial charge in [0, 0.05) is 24.7 Å². The second-order valence-electron chi connectivity index (χ2n) is 6.72. The molecular formula is C21H20FN5O3S. The SMILES string of the molecule is O=S(=O)(/N=C(/Nc1cc(N2CCOCC2)ncn1)c1ccc(F)cc1)c1ccccc1. The highest BCUT2D eigenvalue weighted by Gasteiger charge is 2.17. The van der Waals surface area contributed by atoms with Crippen LogP contribution in [-0.4, -0.2) is 50.5 Å². The molecule has 1 aromatic heterocycles. The van der Waals surface area contributed by atoms with Gasteiger partial charge in [-0.1, -0.05) is 18.2 Å². The number of anilines is 2. The summed E-state index contributed by atoms with van der Waals surface area (Å²) in [5.41, 5.74) is 0.396. The van der Waals surface area contributed by atoms with Crippen LogP contribution >= 0.6 is 0 Å². The second kappa shape index (κ2) is 9.19. The van der Waals surface area contributed by atoms with Crippen LogP contribution in [0.3, 0.4) is 0 Å². The maximum Gasteiger partial charge on any atom is 0.284 e. The number of nitrogens with zero attached hydrogens (tertiary/aromatic N) is 4. The molecule has 0 atom stereocenters. The van der Waals surface area contributed by atoms with Crippen molar-refractivity contribution in [2.24, 2.45) is 4.40 Å². The summed E-state index contributed by atoms with van der Waals surface area (Å²) in [7, 11) is -4.01. The molecule has 0 amide bonds. The van der Waals surface area contributed by atoms with Gasteiger partial charge in [0.15, 0.2) is 5.84 Å². The average Bonchev–Trinajstić information content (AvgIpc) is 2.80. The number of hydrogen-bond donors (Lipinski definition) is 1. The van der Waals surface area contributed by atoms with Gasteiger partial charge in [-0.3, -0.25) is 0 Å². The monoisotopic (exact) mass is 441 g/mol. The molecule has 0 bridgehead atoms. The standard InChI is InChI=1S/C21H20FN5O3S/c22-17-8-6-16(7-9-17)21(26-31(28,29)18-4-2-1-3-5-18)25-19-14-20(24-15-23-19)27-10-12-30-13-11-27/h1-9,14-15H,10-13H2,(H,23,24,25,26). The van der Waals surface area contributed by atoms with Crippen molar-refractivity contribution in [2.75, 3.05) is 36.5 Å². The van der Waals surface area contributed by atoms with Crippen molar-refractivity contribution in [3.05, 3.63) is 78.4 Å². The zero-order valence-electron chi connectivity index (χ0n) is 16.5. The lowest BCUT2D eigenvalue weighted by atomic mass is 10.2. The van der Waals surface area contributed by atoms with E-state index in [1.807, 2.05) is 4.90 Å². The Balaban J connectivity index is 1.69. The molecule has 3 aromatic rings. The minimum atomic E-state index is -4.01. The molecule has 31 heavy (non-hydrogen) atoms. The van der Waals surface area contributed by atoms with E-state index >= 15 is 0 Å². The molecule has 1 N–H and O–H groups in total. The van der Waals surface area contributed by atoms with E-state index in [-0.39, 0.29) is 10.7 Å². The van der Waals surface area contributed by atoms with Crippen LogP contribution in [0.2, 0.25) is 0 Å². The molecule has 1 saturated heterocycles. The third-order valence-corrected chi connectivity index (χ3v) is 5.90. The van der Waals surface area contributed by atoms with E-state index in [4.69, 9.17) is 4.74 Å². The summed E-state index contributed by atoms with van der Waals surface area (Å²) < 4.78 is 48.4. The smallest absolute Gasteiger partial charge is 0.284 e. The minimum Gasteiger partial charge on any atom is -0.378 e. The van der Waals surface area contributed by atoms with Gasteiger partial charge in [0.05, 0.1) is 18.1 Å². The highest BCUT2D eigenvalue weighted by Crippen LogP contribution is 2.18. The highest BCUT2D eigenvalue weighted by atomic mass is 32.2. The topological polar surface area (TPSA) is 96.8 Å². The number of amidine groups is 1. The lowest BCUT2D eigenvalue weighted by Gasteiger charge is -2.27. The number of benzene rings is 2.